The van der Waals surface area contributed by atoms with Crippen molar-refractivity contribution in [3.05, 3.63) is 65.7 Å². The van der Waals surface area contributed by atoms with Crippen molar-refractivity contribution in [3.63, 3.8) is 0 Å². The first-order chi connectivity index (χ1) is 13.9. The number of amides is 1. The third kappa shape index (κ3) is 4.03. The zero-order valence-electron chi connectivity index (χ0n) is 17.2. The second-order valence-corrected chi connectivity index (χ2v) is 8.15. The lowest BCUT2D eigenvalue weighted by molar-refractivity contribution is 0.0732. The standard InChI is InChI=1S/C23H27FN4O/c1-16(2)27-11-10-20(14-27)26(3)23(29)18-6-4-17(5-7-18)13-28-15-25-21-9-8-19(24)12-22(21)28/h4-9,12,15-16,20H,10-11,13-14H2,1-3H3/t20-/m1/s1. The van der Waals surface area contributed by atoms with Gasteiger partial charge in [0.1, 0.15) is 5.82 Å². The maximum Gasteiger partial charge on any atom is 0.253 e. The third-order valence-electron chi connectivity index (χ3n) is 5.93. The molecule has 3 aromatic rings. The predicted molar refractivity (Wildman–Crippen MR) is 112 cm³/mol. The van der Waals surface area contributed by atoms with Gasteiger partial charge in [-0.3, -0.25) is 9.69 Å². The minimum atomic E-state index is -0.272. The number of rotatable bonds is 5. The van der Waals surface area contributed by atoms with Crippen molar-refractivity contribution in [1.29, 1.82) is 0 Å². The number of likely N-dealkylation sites (tertiary alicyclic amines) is 1. The zero-order chi connectivity index (χ0) is 20.5. The summed E-state index contributed by atoms with van der Waals surface area (Å²) in [5, 5.41) is 0. The van der Waals surface area contributed by atoms with Crippen molar-refractivity contribution >= 4 is 16.9 Å². The van der Waals surface area contributed by atoms with E-state index in [4.69, 9.17) is 0 Å². The van der Waals surface area contributed by atoms with Crippen molar-refractivity contribution in [2.24, 2.45) is 0 Å². The molecule has 0 radical (unpaired) electrons. The number of carbonyl (C=O) groups excluding carboxylic acids is 1. The fourth-order valence-electron chi connectivity index (χ4n) is 4.03. The van der Waals surface area contributed by atoms with Crippen molar-refractivity contribution in [2.45, 2.75) is 38.9 Å². The average molecular weight is 394 g/mol. The van der Waals surface area contributed by atoms with Gasteiger partial charge in [-0.1, -0.05) is 12.1 Å². The van der Waals surface area contributed by atoms with Gasteiger partial charge in [-0.05, 0) is 56.2 Å². The Labute approximate surface area is 170 Å². The number of imidazole rings is 1. The predicted octanol–water partition coefficient (Wildman–Crippen LogP) is 3.78. The van der Waals surface area contributed by atoms with Crippen LogP contribution in [0.5, 0.6) is 0 Å². The summed E-state index contributed by atoms with van der Waals surface area (Å²) in [6.45, 7) is 6.94. The van der Waals surface area contributed by atoms with Gasteiger partial charge in [0.2, 0.25) is 0 Å². The van der Waals surface area contributed by atoms with E-state index in [1.165, 1.54) is 12.1 Å². The number of hydrogen-bond donors (Lipinski definition) is 0. The minimum Gasteiger partial charge on any atom is -0.337 e. The Kier molecular flexibility index (Phi) is 5.37. The smallest absolute Gasteiger partial charge is 0.253 e. The number of nitrogens with zero attached hydrogens (tertiary/aromatic N) is 4. The molecule has 1 aliphatic rings. The van der Waals surface area contributed by atoms with Gasteiger partial charge >= 0.3 is 0 Å². The van der Waals surface area contributed by atoms with Crippen LogP contribution in [0.25, 0.3) is 11.0 Å². The molecule has 5 nitrogen and oxygen atoms in total. The van der Waals surface area contributed by atoms with E-state index in [2.05, 4.69) is 23.7 Å². The van der Waals surface area contributed by atoms with Gasteiger partial charge in [0, 0.05) is 44.3 Å². The number of halogens is 1. The number of benzene rings is 2. The average Bonchev–Trinajstić information content (AvgIpc) is 3.35. The van der Waals surface area contributed by atoms with Crippen molar-refractivity contribution in [1.82, 2.24) is 19.4 Å². The highest BCUT2D eigenvalue weighted by molar-refractivity contribution is 5.94. The van der Waals surface area contributed by atoms with Crippen LogP contribution in [0, 0.1) is 5.82 Å². The van der Waals surface area contributed by atoms with E-state index in [0.29, 0.717) is 18.2 Å². The largest absolute Gasteiger partial charge is 0.337 e. The van der Waals surface area contributed by atoms with Crippen LogP contribution >= 0.6 is 0 Å². The molecule has 1 aliphatic heterocycles. The lowest BCUT2D eigenvalue weighted by Gasteiger charge is -2.26. The molecule has 0 unspecified atom stereocenters. The fraction of sp³-hybridized carbons (Fsp3) is 0.391. The van der Waals surface area contributed by atoms with Crippen LogP contribution in [-0.2, 0) is 6.54 Å². The first-order valence-corrected chi connectivity index (χ1v) is 10.1. The molecule has 1 aromatic heterocycles. The highest BCUT2D eigenvalue weighted by Gasteiger charge is 2.29. The summed E-state index contributed by atoms with van der Waals surface area (Å²) >= 11 is 0. The Balaban J connectivity index is 1.44. The van der Waals surface area contributed by atoms with Crippen molar-refractivity contribution < 1.29 is 9.18 Å². The van der Waals surface area contributed by atoms with E-state index in [0.717, 1.165) is 36.1 Å². The first-order valence-electron chi connectivity index (χ1n) is 10.1. The molecule has 1 fully saturated rings. The van der Waals surface area contributed by atoms with Crippen LogP contribution < -0.4 is 0 Å². The molecule has 0 spiro atoms. The molecular weight excluding hydrogens is 367 g/mol. The highest BCUT2D eigenvalue weighted by Crippen LogP contribution is 2.20. The first kappa shape index (κ1) is 19.6. The number of hydrogen-bond acceptors (Lipinski definition) is 3. The normalized spacial score (nSPS) is 17.3. The summed E-state index contributed by atoms with van der Waals surface area (Å²) in [6, 6.07) is 13.0. The Morgan fingerprint density at radius 1 is 1.24 bits per heavy atom. The second kappa shape index (κ2) is 7.95. The molecule has 29 heavy (non-hydrogen) atoms. The van der Waals surface area contributed by atoms with E-state index in [1.54, 1.807) is 12.4 Å². The number of likely N-dealkylation sites (N-methyl/N-ethyl adjacent to an activating group) is 1. The summed E-state index contributed by atoms with van der Waals surface area (Å²) in [6.07, 6.45) is 2.74. The third-order valence-corrected chi connectivity index (χ3v) is 5.93. The second-order valence-electron chi connectivity index (χ2n) is 8.15. The minimum absolute atomic E-state index is 0.0577. The van der Waals surface area contributed by atoms with Gasteiger partial charge in [-0.2, -0.15) is 0 Å². The highest BCUT2D eigenvalue weighted by atomic mass is 19.1. The van der Waals surface area contributed by atoms with E-state index in [1.807, 2.05) is 40.8 Å². The van der Waals surface area contributed by atoms with Crippen LogP contribution in [0.15, 0.2) is 48.8 Å². The van der Waals surface area contributed by atoms with E-state index in [-0.39, 0.29) is 17.8 Å². The molecule has 2 aromatic carbocycles. The molecule has 1 amide bonds. The molecular formula is C23H27FN4O. The Morgan fingerprint density at radius 2 is 2.00 bits per heavy atom. The molecule has 2 heterocycles. The molecule has 6 heteroatoms. The van der Waals surface area contributed by atoms with Crippen molar-refractivity contribution in [3.8, 4) is 0 Å². The SMILES string of the molecule is CC(C)N1CC[C@@H](N(C)C(=O)c2ccc(Cn3cnc4ccc(F)cc43)cc2)C1. The van der Waals surface area contributed by atoms with Crippen LogP contribution in [-0.4, -0.2) is 57.5 Å². The maximum atomic E-state index is 13.6. The fourth-order valence-corrected chi connectivity index (χ4v) is 4.03. The number of fused-ring (bicyclic) bond motifs is 1. The summed E-state index contributed by atoms with van der Waals surface area (Å²) < 4.78 is 15.5. The van der Waals surface area contributed by atoms with Gasteiger partial charge in [-0.15, -0.1) is 0 Å². The molecule has 0 saturated carbocycles. The van der Waals surface area contributed by atoms with E-state index < -0.39 is 0 Å². The summed E-state index contributed by atoms with van der Waals surface area (Å²) in [7, 11) is 1.90. The van der Waals surface area contributed by atoms with Gasteiger partial charge in [0.25, 0.3) is 5.91 Å². The Bertz CT molecular complexity index is 1010. The van der Waals surface area contributed by atoms with Gasteiger partial charge in [0.05, 0.1) is 17.4 Å². The van der Waals surface area contributed by atoms with E-state index >= 15 is 0 Å². The summed E-state index contributed by atoms with van der Waals surface area (Å²) in [5.41, 5.74) is 3.27. The molecule has 0 aliphatic carbocycles. The Morgan fingerprint density at radius 3 is 2.69 bits per heavy atom. The summed E-state index contributed by atoms with van der Waals surface area (Å²) in [4.78, 5) is 21.5. The molecule has 4 rings (SSSR count). The molecule has 1 saturated heterocycles. The summed E-state index contributed by atoms with van der Waals surface area (Å²) in [5.74, 6) is -0.214. The molecule has 0 N–H and O–H groups in total. The lowest BCUT2D eigenvalue weighted by Crippen LogP contribution is -2.40. The quantitative estimate of drug-likeness (QED) is 0.661. The van der Waals surface area contributed by atoms with Crippen LogP contribution in [0.1, 0.15) is 36.2 Å². The molecule has 0 bridgehead atoms. The topological polar surface area (TPSA) is 41.4 Å². The van der Waals surface area contributed by atoms with Crippen molar-refractivity contribution in [2.75, 3.05) is 20.1 Å². The lowest BCUT2D eigenvalue weighted by atomic mass is 10.1. The Hall–Kier alpha value is -2.73. The number of carbonyl (C=O) groups is 1. The van der Waals surface area contributed by atoms with Gasteiger partial charge in [-0.25, -0.2) is 9.37 Å². The monoisotopic (exact) mass is 394 g/mol. The number of aromatic nitrogens is 2. The van der Waals surface area contributed by atoms with Crippen LogP contribution in [0.4, 0.5) is 4.39 Å². The van der Waals surface area contributed by atoms with E-state index in [9.17, 15) is 9.18 Å². The molecule has 1 atom stereocenters. The van der Waals surface area contributed by atoms with Crippen LogP contribution in [0.3, 0.4) is 0 Å². The maximum absolute atomic E-state index is 13.6. The molecule has 152 valence electrons. The van der Waals surface area contributed by atoms with Crippen LogP contribution in [0.2, 0.25) is 0 Å². The zero-order valence-corrected chi connectivity index (χ0v) is 17.2. The van der Waals surface area contributed by atoms with Gasteiger partial charge in [0.15, 0.2) is 0 Å². The van der Waals surface area contributed by atoms with Gasteiger partial charge < -0.3 is 9.47 Å².